The van der Waals surface area contributed by atoms with Gasteiger partial charge in [-0.15, -0.1) is 11.3 Å². The van der Waals surface area contributed by atoms with Gasteiger partial charge >= 0.3 is 5.97 Å². The Labute approximate surface area is 112 Å². The highest BCUT2D eigenvalue weighted by Gasteiger charge is 2.18. The van der Waals surface area contributed by atoms with Crippen molar-refractivity contribution < 1.29 is 19.2 Å². The Morgan fingerprint density at radius 3 is 2.79 bits per heavy atom. The topological polar surface area (TPSA) is 105 Å². The standard InChI is InChI=1S/C11H11N3O4S/c1-5-3-7(14-18-5)9(15)13-6(2)10-12-4-8(19-10)11(16)17/h3-4,6H,1-2H3,(H,13,15)(H,16,17). The molecule has 0 radical (unpaired) electrons. The molecule has 0 spiro atoms. The van der Waals surface area contributed by atoms with Crippen molar-refractivity contribution >= 4 is 23.2 Å². The van der Waals surface area contributed by atoms with Crippen LogP contribution in [0.2, 0.25) is 0 Å². The fraction of sp³-hybridized carbons (Fsp3) is 0.273. The third-order valence-electron chi connectivity index (χ3n) is 2.31. The summed E-state index contributed by atoms with van der Waals surface area (Å²) < 4.78 is 4.81. The lowest BCUT2D eigenvalue weighted by atomic mass is 10.3. The predicted molar refractivity (Wildman–Crippen MR) is 66.2 cm³/mol. The van der Waals surface area contributed by atoms with Crippen molar-refractivity contribution in [2.75, 3.05) is 0 Å². The second-order valence-corrected chi connectivity index (χ2v) is 4.95. The van der Waals surface area contributed by atoms with Crippen LogP contribution in [0.1, 0.15) is 43.9 Å². The molecular weight excluding hydrogens is 270 g/mol. The molecular formula is C11H11N3O4S. The highest BCUT2D eigenvalue weighted by atomic mass is 32.1. The zero-order chi connectivity index (χ0) is 14.0. The quantitative estimate of drug-likeness (QED) is 0.882. The summed E-state index contributed by atoms with van der Waals surface area (Å²) in [6.45, 7) is 3.41. The molecule has 0 bridgehead atoms. The molecule has 19 heavy (non-hydrogen) atoms. The van der Waals surface area contributed by atoms with Crippen LogP contribution in [-0.4, -0.2) is 27.1 Å². The number of aryl methyl sites for hydroxylation is 1. The van der Waals surface area contributed by atoms with Gasteiger partial charge in [0.2, 0.25) is 0 Å². The van der Waals surface area contributed by atoms with Gasteiger partial charge < -0.3 is 14.9 Å². The molecule has 0 aromatic carbocycles. The van der Waals surface area contributed by atoms with Crippen LogP contribution in [0.5, 0.6) is 0 Å². The molecule has 0 aliphatic rings. The predicted octanol–water partition coefficient (Wildman–Crippen LogP) is 1.63. The first-order chi connectivity index (χ1) is 8.97. The number of carbonyl (C=O) groups excluding carboxylic acids is 1. The van der Waals surface area contributed by atoms with Gasteiger partial charge in [0.1, 0.15) is 15.6 Å². The molecule has 1 amide bonds. The highest BCUT2D eigenvalue weighted by Crippen LogP contribution is 2.20. The third-order valence-corrected chi connectivity index (χ3v) is 3.48. The van der Waals surface area contributed by atoms with Gasteiger partial charge in [-0.2, -0.15) is 0 Å². The Hall–Kier alpha value is -2.22. The number of thiazole rings is 1. The van der Waals surface area contributed by atoms with Crippen LogP contribution < -0.4 is 5.32 Å². The third kappa shape index (κ3) is 2.97. The van der Waals surface area contributed by atoms with Crippen molar-refractivity contribution in [2.24, 2.45) is 0 Å². The van der Waals surface area contributed by atoms with Gasteiger partial charge in [0.05, 0.1) is 12.2 Å². The number of hydrogen-bond donors (Lipinski definition) is 2. The maximum atomic E-state index is 11.8. The van der Waals surface area contributed by atoms with Crippen LogP contribution in [0.25, 0.3) is 0 Å². The molecule has 1 unspecified atom stereocenters. The number of aromatic carboxylic acids is 1. The Morgan fingerprint density at radius 1 is 1.53 bits per heavy atom. The average Bonchev–Trinajstić information content (AvgIpc) is 2.96. The Kier molecular flexibility index (Phi) is 3.61. The van der Waals surface area contributed by atoms with Crippen molar-refractivity contribution in [2.45, 2.75) is 19.9 Å². The highest BCUT2D eigenvalue weighted by molar-refractivity contribution is 7.13. The summed E-state index contributed by atoms with van der Waals surface area (Å²) in [5.41, 5.74) is 0.180. The second-order valence-electron chi connectivity index (χ2n) is 3.89. The molecule has 0 aliphatic heterocycles. The van der Waals surface area contributed by atoms with E-state index in [4.69, 9.17) is 9.63 Å². The number of amides is 1. The van der Waals surface area contributed by atoms with Crippen molar-refractivity contribution in [3.05, 3.63) is 33.6 Å². The largest absolute Gasteiger partial charge is 0.477 e. The van der Waals surface area contributed by atoms with Gasteiger partial charge in [0.15, 0.2) is 5.69 Å². The van der Waals surface area contributed by atoms with Crippen molar-refractivity contribution in [1.82, 2.24) is 15.5 Å². The first-order valence-corrected chi connectivity index (χ1v) is 6.22. The van der Waals surface area contributed by atoms with Crippen LogP contribution in [0.3, 0.4) is 0 Å². The van der Waals surface area contributed by atoms with Gasteiger partial charge in [-0.3, -0.25) is 4.79 Å². The van der Waals surface area contributed by atoms with E-state index >= 15 is 0 Å². The molecule has 2 heterocycles. The minimum atomic E-state index is -1.03. The summed E-state index contributed by atoms with van der Waals surface area (Å²) in [5, 5.41) is 15.6. The van der Waals surface area contributed by atoms with E-state index in [-0.39, 0.29) is 10.6 Å². The van der Waals surface area contributed by atoms with Crippen molar-refractivity contribution in [3.63, 3.8) is 0 Å². The van der Waals surface area contributed by atoms with Crippen molar-refractivity contribution in [3.8, 4) is 0 Å². The average molecular weight is 281 g/mol. The number of carboxylic acids is 1. The molecule has 8 heteroatoms. The fourth-order valence-electron chi connectivity index (χ4n) is 1.39. The van der Waals surface area contributed by atoms with E-state index in [1.165, 1.54) is 12.3 Å². The maximum absolute atomic E-state index is 11.8. The van der Waals surface area contributed by atoms with Gasteiger partial charge in [0.25, 0.3) is 5.91 Å². The van der Waals surface area contributed by atoms with E-state index in [1.54, 1.807) is 13.8 Å². The molecule has 7 nitrogen and oxygen atoms in total. The lowest BCUT2D eigenvalue weighted by Crippen LogP contribution is -2.26. The molecule has 1 atom stereocenters. The second kappa shape index (κ2) is 5.19. The number of hydrogen-bond acceptors (Lipinski definition) is 6. The van der Waals surface area contributed by atoms with Gasteiger partial charge in [-0.05, 0) is 13.8 Å². The summed E-state index contributed by atoms with van der Waals surface area (Å²) in [5.74, 6) is -0.883. The molecule has 2 aromatic rings. The summed E-state index contributed by atoms with van der Waals surface area (Å²) in [4.78, 5) is 26.7. The molecule has 2 rings (SSSR count). The minimum Gasteiger partial charge on any atom is -0.477 e. The summed E-state index contributed by atoms with van der Waals surface area (Å²) in [7, 11) is 0. The molecule has 0 saturated carbocycles. The summed E-state index contributed by atoms with van der Waals surface area (Å²) in [6, 6.07) is 1.12. The molecule has 0 aliphatic carbocycles. The van der Waals surface area contributed by atoms with Crippen molar-refractivity contribution in [1.29, 1.82) is 0 Å². The van der Waals surface area contributed by atoms with E-state index in [1.807, 2.05) is 0 Å². The molecule has 100 valence electrons. The molecule has 0 saturated heterocycles. The Bertz CT molecular complexity index is 619. The Morgan fingerprint density at radius 2 is 2.26 bits per heavy atom. The van der Waals surface area contributed by atoms with Crippen LogP contribution >= 0.6 is 11.3 Å². The number of aromatic nitrogens is 2. The molecule has 2 aromatic heterocycles. The number of nitrogens with one attached hydrogen (secondary N) is 1. The van der Waals surface area contributed by atoms with E-state index < -0.39 is 17.9 Å². The van der Waals surface area contributed by atoms with Crippen LogP contribution in [-0.2, 0) is 0 Å². The van der Waals surface area contributed by atoms with E-state index in [9.17, 15) is 9.59 Å². The van der Waals surface area contributed by atoms with Gasteiger partial charge in [-0.25, -0.2) is 9.78 Å². The fourth-order valence-corrected chi connectivity index (χ4v) is 2.15. The number of carboxylic acid groups (broad SMARTS) is 1. The lowest BCUT2D eigenvalue weighted by Gasteiger charge is -2.09. The molecule has 2 N–H and O–H groups in total. The van der Waals surface area contributed by atoms with Crippen LogP contribution in [0, 0.1) is 6.92 Å². The first-order valence-electron chi connectivity index (χ1n) is 5.40. The molecule has 0 fully saturated rings. The first kappa shape index (κ1) is 13.2. The Balaban J connectivity index is 2.05. The van der Waals surface area contributed by atoms with E-state index in [2.05, 4.69) is 15.5 Å². The zero-order valence-corrected chi connectivity index (χ0v) is 11.0. The minimum absolute atomic E-state index is 0.133. The summed E-state index contributed by atoms with van der Waals surface area (Å²) in [6.07, 6.45) is 1.27. The SMILES string of the molecule is Cc1cc(C(=O)NC(C)c2ncc(C(=O)O)s2)no1. The number of nitrogens with zero attached hydrogens (tertiary/aromatic N) is 2. The smallest absolute Gasteiger partial charge is 0.347 e. The van der Waals surface area contributed by atoms with E-state index in [0.29, 0.717) is 10.8 Å². The monoisotopic (exact) mass is 281 g/mol. The van der Waals surface area contributed by atoms with Gasteiger partial charge in [0, 0.05) is 6.07 Å². The van der Waals surface area contributed by atoms with Crippen LogP contribution in [0.15, 0.2) is 16.8 Å². The zero-order valence-electron chi connectivity index (χ0n) is 10.2. The number of rotatable bonds is 4. The van der Waals surface area contributed by atoms with Gasteiger partial charge in [-0.1, -0.05) is 5.16 Å². The van der Waals surface area contributed by atoms with Crippen LogP contribution in [0.4, 0.5) is 0 Å². The lowest BCUT2D eigenvalue weighted by molar-refractivity contribution is 0.0701. The number of carbonyl (C=O) groups is 2. The summed E-state index contributed by atoms with van der Waals surface area (Å²) >= 11 is 1.02. The normalized spacial score (nSPS) is 12.1. The maximum Gasteiger partial charge on any atom is 0.347 e. The van der Waals surface area contributed by atoms with E-state index in [0.717, 1.165) is 11.3 Å².